The second kappa shape index (κ2) is 12.0. The highest BCUT2D eigenvalue weighted by Crippen LogP contribution is 2.21. The van der Waals surface area contributed by atoms with Crippen LogP contribution in [0.4, 0.5) is 5.69 Å². The maximum atomic E-state index is 13.5. The van der Waals surface area contributed by atoms with Crippen LogP contribution in [-0.2, 0) is 26.2 Å². The van der Waals surface area contributed by atoms with Crippen molar-refractivity contribution in [2.75, 3.05) is 17.1 Å². The molecule has 34 heavy (non-hydrogen) atoms. The monoisotopic (exact) mass is 597 g/mol. The van der Waals surface area contributed by atoms with E-state index in [0.717, 1.165) is 45.4 Å². The van der Waals surface area contributed by atoms with Gasteiger partial charge in [-0.1, -0.05) is 49.6 Å². The van der Waals surface area contributed by atoms with Crippen LogP contribution in [0.2, 0.25) is 0 Å². The van der Waals surface area contributed by atoms with Crippen LogP contribution in [-0.4, -0.2) is 50.0 Å². The van der Waals surface area contributed by atoms with Gasteiger partial charge in [0, 0.05) is 16.2 Å². The lowest BCUT2D eigenvalue weighted by atomic mass is 9.95. The number of anilines is 1. The van der Waals surface area contributed by atoms with E-state index in [0.29, 0.717) is 5.69 Å². The summed E-state index contributed by atoms with van der Waals surface area (Å²) in [4.78, 5) is 28.1. The normalized spacial score (nSPS) is 15.4. The van der Waals surface area contributed by atoms with E-state index < -0.39 is 22.0 Å². The molecule has 1 fully saturated rings. The SMILES string of the molecule is C[C@@H](C(=O)NC1CCCCC1)N(Cc1ccccc1)C(=O)CN(c1ccc(I)cc1)S(C)(=O)=O. The van der Waals surface area contributed by atoms with Crippen molar-refractivity contribution in [2.45, 2.75) is 57.7 Å². The summed E-state index contributed by atoms with van der Waals surface area (Å²) < 4.78 is 27.2. The van der Waals surface area contributed by atoms with E-state index in [1.54, 1.807) is 31.2 Å². The number of halogens is 1. The molecule has 1 saturated carbocycles. The number of carbonyl (C=O) groups is 2. The Morgan fingerprint density at radius 2 is 1.65 bits per heavy atom. The van der Waals surface area contributed by atoms with Crippen LogP contribution in [0.3, 0.4) is 0 Å². The van der Waals surface area contributed by atoms with Crippen molar-refractivity contribution >= 4 is 50.1 Å². The second-order valence-electron chi connectivity index (χ2n) is 8.77. The third kappa shape index (κ3) is 7.43. The third-order valence-corrected chi connectivity index (χ3v) is 7.97. The highest BCUT2D eigenvalue weighted by molar-refractivity contribution is 14.1. The third-order valence-electron chi connectivity index (χ3n) is 6.11. The first-order valence-corrected chi connectivity index (χ1v) is 14.4. The number of amides is 2. The summed E-state index contributed by atoms with van der Waals surface area (Å²) in [5, 5.41) is 3.10. The zero-order chi connectivity index (χ0) is 24.7. The zero-order valence-electron chi connectivity index (χ0n) is 19.6. The van der Waals surface area contributed by atoms with Gasteiger partial charge in [0.1, 0.15) is 12.6 Å². The Bertz CT molecular complexity index is 1070. The highest BCUT2D eigenvalue weighted by atomic mass is 127. The molecule has 0 aromatic heterocycles. The first kappa shape index (κ1) is 26.5. The molecule has 0 radical (unpaired) electrons. The molecule has 0 spiro atoms. The Morgan fingerprint density at radius 3 is 2.24 bits per heavy atom. The van der Waals surface area contributed by atoms with Crippen molar-refractivity contribution in [2.24, 2.45) is 0 Å². The molecule has 0 saturated heterocycles. The summed E-state index contributed by atoms with van der Waals surface area (Å²) in [6.07, 6.45) is 6.33. The number of hydrogen-bond donors (Lipinski definition) is 1. The molecule has 1 aliphatic rings. The first-order chi connectivity index (χ1) is 16.1. The van der Waals surface area contributed by atoms with Crippen molar-refractivity contribution < 1.29 is 18.0 Å². The minimum Gasteiger partial charge on any atom is -0.352 e. The molecule has 2 aromatic carbocycles. The lowest BCUT2D eigenvalue weighted by Gasteiger charge is -2.33. The summed E-state index contributed by atoms with van der Waals surface area (Å²) in [5.41, 5.74) is 1.28. The Labute approximate surface area is 216 Å². The Hall–Kier alpha value is -2.14. The van der Waals surface area contributed by atoms with E-state index in [2.05, 4.69) is 27.9 Å². The van der Waals surface area contributed by atoms with E-state index in [4.69, 9.17) is 0 Å². The van der Waals surface area contributed by atoms with Crippen molar-refractivity contribution in [1.82, 2.24) is 10.2 Å². The molecule has 184 valence electrons. The Kier molecular flexibility index (Phi) is 9.35. The average Bonchev–Trinajstić information content (AvgIpc) is 2.81. The predicted octanol–water partition coefficient (Wildman–Crippen LogP) is 3.92. The quantitative estimate of drug-likeness (QED) is 0.444. The summed E-state index contributed by atoms with van der Waals surface area (Å²) in [5.74, 6) is -0.643. The number of rotatable bonds is 9. The largest absolute Gasteiger partial charge is 0.352 e. The minimum absolute atomic E-state index is 0.122. The van der Waals surface area contributed by atoms with Crippen LogP contribution in [0, 0.1) is 3.57 Å². The van der Waals surface area contributed by atoms with Crippen LogP contribution in [0.5, 0.6) is 0 Å². The van der Waals surface area contributed by atoms with E-state index in [1.165, 1.54) is 11.3 Å². The average molecular weight is 598 g/mol. The second-order valence-corrected chi connectivity index (χ2v) is 11.9. The van der Waals surface area contributed by atoms with Gasteiger partial charge in [-0.05, 0) is 72.2 Å². The van der Waals surface area contributed by atoms with Gasteiger partial charge in [0.25, 0.3) is 0 Å². The van der Waals surface area contributed by atoms with Crippen molar-refractivity contribution in [1.29, 1.82) is 0 Å². The van der Waals surface area contributed by atoms with E-state index in [-0.39, 0.29) is 25.0 Å². The Balaban J connectivity index is 1.83. The van der Waals surface area contributed by atoms with Crippen molar-refractivity contribution in [3.63, 3.8) is 0 Å². The standard InChI is InChI=1S/C25H32IN3O4S/c1-19(25(31)27-22-11-7-4-8-12-22)28(17-20-9-5-3-6-10-20)24(30)18-29(34(2,32)33)23-15-13-21(26)14-16-23/h3,5-6,9-10,13-16,19,22H,4,7-8,11-12,17-18H2,1-2H3,(H,27,31)/t19-/m0/s1. The maximum absolute atomic E-state index is 13.5. The molecule has 0 heterocycles. The van der Waals surface area contributed by atoms with Crippen molar-refractivity contribution in [3.05, 3.63) is 63.7 Å². The fraction of sp³-hybridized carbons (Fsp3) is 0.440. The molecule has 1 N–H and O–H groups in total. The number of nitrogens with one attached hydrogen (secondary N) is 1. The topological polar surface area (TPSA) is 86.8 Å². The Morgan fingerprint density at radius 1 is 1.03 bits per heavy atom. The van der Waals surface area contributed by atoms with Gasteiger partial charge < -0.3 is 10.2 Å². The number of hydrogen-bond acceptors (Lipinski definition) is 4. The van der Waals surface area contributed by atoms with Gasteiger partial charge in [-0.15, -0.1) is 0 Å². The highest BCUT2D eigenvalue weighted by Gasteiger charge is 2.31. The number of sulfonamides is 1. The molecule has 2 aromatic rings. The molecule has 0 unspecified atom stereocenters. The zero-order valence-corrected chi connectivity index (χ0v) is 22.6. The number of benzene rings is 2. The van der Waals surface area contributed by atoms with Crippen LogP contribution in [0.1, 0.15) is 44.6 Å². The smallest absolute Gasteiger partial charge is 0.244 e. The molecule has 0 aliphatic heterocycles. The van der Waals surface area contributed by atoms with Gasteiger partial charge in [-0.3, -0.25) is 13.9 Å². The minimum atomic E-state index is -3.72. The molecule has 0 bridgehead atoms. The van der Waals surface area contributed by atoms with E-state index in [1.807, 2.05) is 30.3 Å². The van der Waals surface area contributed by atoms with Gasteiger partial charge in [0.2, 0.25) is 21.8 Å². The van der Waals surface area contributed by atoms with Crippen LogP contribution < -0.4 is 9.62 Å². The lowest BCUT2D eigenvalue weighted by Crippen LogP contribution is -2.52. The molecular weight excluding hydrogens is 565 g/mol. The van der Waals surface area contributed by atoms with E-state index in [9.17, 15) is 18.0 Å². The molecule has 1 atom stereocenters. The van der Waals surface area contributed by atoms with E-state index >= 15 is 0 Å². The molecule has 1 aliphatic carbocycles. The summed E-state index contributed by atoms with van der Waals surface area (Å²) in [6.45, 7) is 1.53. The van der Waals surface area contributed by atoms with Crippen LogP contribution >= 0.6 is 22.6 Å². The first-order valence-electron chi connectivity index (χ1n) is 11.5. The molecule has 9 heteroatoms. The van der Waals surface area contributed by atoms with Crippen LogP contribution in [0.15, 0.2) is 54.6 Å². The summed E-state index contributed by atoms with van der Waals surface area (Å²) >= 11 is 2.14. The van der Waals surface area contributed by atoms with Gasteiger partial charge in [0.05, 0.1) is 11.9 Å². The van der Waals surface area contributed by atoms with Gasteiger partial charge in [-0.2, -0.15) is 0 Å². The predicted molar refractivity (Wildman–Crippen MR) is 143 cm³/mol. The van der Waals surface area contributed by atoms with Crippen molar-refractivity contribution in [3.8, 4) is 0 Å². The van der Waals surface area contributed by atoms with Gasteiger partial charge in [-0.25, -0.2) is 8.42 Å². The summed E-state index contributed by atoms with van der Waals surface area (Å²) in [6, 6.07) is 15.7. The summed E-state index contributed by atoms with van der Waals surface area (Å²) in [7, 11) is -3.72. The molecule has 3 rings (SSSR count). The fourth-order valence-corrected chi connectivity index (χ4v) is 5.36. The molecule has 7 nitrogen and oxygen atoms in total. The molecule has 2 amide bonds. The number of carbonyl (C=O) groups excluding carboxylic acids is 2. The fourth-order valence-electron chi connectivity index (χ4n) is 4.15. The molecular formula is C25H32IN3O4S. The van der Waals surface area contributed by atoms with Gasteiger partial charge >= 0.3 is 0 Å². The van der Waals surface area contributed by atoms with Gasteiger partial charge in [0.15, 0.2) is 0 Å². The number of nitrogens with zero attached hydrogens (tertiary/aromatic N) is 2. The van der Waals surface area contributed by atoms with Crippen LogP contribution in [0.25, 0.3) is 0 Å². The lowest BCUT2D eigenvalue weighted by molar-refractivity contribution is -0.139. The maximum Gasteiger partial charge on any atom is 0.244 e.